The molecular weight excluding hydrogens is 202 g/mol. The second-order valence-corrected chi connectivity index (χ2v) is 3.24. The molecule has 0 saturated heterocycles. The van der Waals surface area contributed by atoms with Gasteiger partial charge >= 0.3 is 0 Å². The molecule has 0 fully saturated rings. The van der Waals surface area contributed by atoms with E-state index in [0.29, 0.717) is 5.75 Å². The van der Waals surface area contributed by atoms with Gasteiger partial charge in [-0.2, -0.15) is 5.26 Å². The Morgan fingerprint density at radius 2 is 2.36 bits per heavy atom. The van der Waals surface area contributed by atoms with E-state index < -0.39 is 5.38 Å². The molecule has 3 nitrogen and oxygen atoms in total. The number of alkyl halides is 1. The zero-order chi connectivity index (χ0) is 10.4. The number of nitrogens with zero attached hydrogens (tertiary/aromatic N) is 1. The zero-order valence-electron chi connectivity index (χ0n) is 7.48. The number of hydrogen-bond acceptors (Lipinski definition) is 3. The fourth-order valence-corrected chi connectivity index (χ4v) is 1.00. The van der Waals surface area contributed by atoms with Crippen LogP contribution in [0, 0.1) is 11.3 Å². The lowest BCUT2D eigenvalue weighted by atomic mass is 10.2. The summed E-state index contributed by atoms with van der Waals surface area (Å²) in [5.41, 5.74) is 0.769. The van der Waals surface area contributed by atoms with Crippen molar-refractivity contribution in [2.45, 2.75) is 12.0 Å². The first-order chi connectivity index (χ1) is 6.76. The average Bonchev–Trinajstić information content (AvgIpc) is 2.26. The summed E-state index contributed by atoms with van der Waals surface area (Å²) in [5, 5.41) is 16.6. The summed E-state index contributed by atoms with van der Waals surface area (Å²) in [6, 6.07) is 8.88. The molecule has 74 valence electrons. The number of ether oxygens (including phenoxy) is 1. The van der Waals surface area contributed by atoms with Gasteiger partial charge < -0.3 is 9.84 Å². The van der Waals surface area contributed by atoms with Crippen LogP contribution in [0.25, 0.3) is 0 Å². The molecule has 0 aliphatic carbocycles. The van der Waals surface area contributed by atoms with E-state index in [1.165, 1.54) is 0 Å². The Hall–Kier alpha value is -1.24. The van der Waals surface area contributed by atoms with E-state index in [2.05, 4.69) is 0 Å². The SMILES string of the molecule is N#CC(Cl)COc1cccc(CO)c1. The van der Waals surface area contributed by atoms with Crippen LogP contribution < -0.4 is 4.74 Å². The number of rotatable bonds is 4. The van der Waals surface area contributed by atoms with Crippen LogP contribution in [0.1, 0.15) is 5.56 Å². The summed E-state index contributed by atoms with van der Waals surface area (Å²) in [5.74, 6) is 0.609. The molecule has 4 heteroatoms. The van der Waals surface area contributed by atoms with Gasteiger partial charge in [0.25, 0.3) is 0 Å². The minimum atomic E-state index is -0.646. The van der Waals surface area contributed by atoms with Gasteiger partial charge in [0.1, 0.15) is 12.4 Å². The van der Waals surface area contributed by atoms with E-state index >= 15 is 0 Å². The summed E-state index contributed by atoms with van der Waals surface area (Å²) < 4.78 is 5.24. The van der Waals surface area contributed by atoms with Crippen molar-refractivity contribution in [1.82, 2.24) is 0 Å². The summed E-state index contributed by atoms with van der Waals surface area (Å²) in [7, 11) is 0. The number of halogens is 1. The molecule has 0 bridgehead atoms. The van der Waals surface area contributed by atoms with Crippen molar-refractivity contribution in [2.24, 2.45) is 0 Å². The summed E-state index contributed by atoms with van der Waals surface area (Å²) in [4.78, 5) is 0. The van der Waals surface area contributed by atoms with Crippen LogP contribution in [-0.2, 0) is 6.61 Å². The Balaban J connectivity index is 2.55. The lowest BCUT2D eigenvalue weighted by molar-refractivity contribution is 0.279. The second kappa shape index (κ2) is 5.48. The third kappa shape index (κ3) is 3.25. The van der Waals surface area contributed by atoms with Gasteiger partial charge in [-0.1, -0.05) is 12.1 Å². The highest BCUT2D eigenvalue weighted by Gasteiger charge is 2.03. The van der Waals surface area contributed by atoms with Gasteiger partial charge in [0, 0.05) is 0 Å². The highest BCUT2D eigenvalue weighted by atomic mass is 35.5. The number of benzene rings is 1. The standard InChI is InChI=1S/C10H10ClNO2/c11-9(5-12)7-14-10-3-1-2-8(4-10)6-13/h1-4,9,13H,6-7H2. The minimum absolute atomic E-state index is 0.0280. The van der Waals surface area contributed by atoms with Gasteiger partial charge in [-0.25, -0.2) is 0 Å². The van der Waals surface area contributed by atoms with Gasteiger partial charge in [-0.05, 0) is 17.7 Å². The number of aliphatic hydroxyl groups is 1. The fourth-order valence-electron chi connectivity index (χ4n) is 0.940. The average molecular weight is 212 g/mol. The number of aliphatic hydroxyl groups excluding tert-OH is 1. The Morgan fingerprint density at radius 1 is 1.57 bits per heavy atom. The molecule has 14 heavy (non-hydrogen) atoms. The molecule has 0 amide bonds. The monoisotopic (exact) mass is 211 g/mol. The minimum Gasteiger partial charge on any atom is -0.491 e. The molecule has 0 heterocycles. The van der Waals surface area contributed by atoms with E-state index in [-0.39, 0.29) is 13.2 Å². The molecule has 0 aliphatic rings. The van der Waals surface area contributed by atoms with E-state index in [0.717, 1.165) is 5.56 Å². The molecule has 1 atom stereocenters. The van der Waals surface area contributed by atoms with Gasteiger partial charge in [0.15, 0.2) is 5.38 Å². The highest BCUT2D eigenvalue weighted by Crippen LogP contribution is 2.13. The number of hydrogen-bond donors (Lipinski definition) is 1. The molecule has 0 saturated carbocycles. The third-order valence-electron chi connectivity index (χ3n) is 1.62. The van der Waals surface area contributed by atoms with Gasteiger partial charge in [0.05, 0.1) is 12.7 Å². The van der Waals surface area contributed by atoms with Crippen molar-refractivity contribution in [3.8, 4) is 11.8 Å². The predicted molar refractivity (Wildman–Crippen MR) is 53.1 cm³/mol. The third-order valence-corrected chi connectivity index (χ3v) is 1.84. The molecule has 1 N–H and O–H groups in total. The normalized spacial score (nSPS) is 11.8. The lowest BCUT2D eigenvalue weighted by Crippen LogP contribution is -2.09. The maximum Gasteiger partial charge on any atom is 0.154 e. The topological polar surface area (TPSA) is 53.2 Å². The van der Waals surface area contributed by atoms with Gasteiger partial charge in [0.2, 0.25) is 0 Å². The molecule has 1 rings (SSSR count). The Morgan fingerprint density at radius 3 is 3.00 bits per heavy atom. The van der Waals surface area contributed by atoms with Crippen LogP contribution in [0.15, 0.2) is 24.3 Å². The van der Waals surface area contributed by atoms with Crippen LogP contribution >= 0.6 is 11.6 Å². The van der Waals surface area contributed by atoms with Gasteiger partial charge in [-0.15, -0.1) is 11.6 Å². The van der Waals surface area contributed by atoms with Crippen molar-refractivity contribution in [2.75, 3.05) is 6.61 Å². The molecule has 0 aromatic heterocycles. The molecular formula is C10H10ClNO2. The number of nitriles is 1. The fraction of sp³-hybridized carbons (Fsp3) is 0.300. The van der Waals surface area contributed by atoms with Crippen molar-refractivity contribution in [1.29, 1.82) is 5.26 Å². The molecule has 0 aliphatic heterocycles. The van der Waals surface area contributed by atoms with Crippen molar-refractivity contribution in [3.63, 3.8) is 0 Å². The summed E-state index contributed by atoms with van der Waals surface area (Å²) in [6.07, 6.45) is 0. The molecule has 1 unspecified atom stereocenters. The first-order valence-corrected chi connectivity index (χ1v) is 4.56. The van der Waals surface area contributed by atoms with Crippen LogP contribution in [0.3, 0.4) is 0 Å². The molecule has 0 spiro atoms. The van der Waals surface area contributed by atoms with Crippen LogP contribution in [-0.4, -0.2) is 17.1 Å². The highest BCUT2D eigenvalue weighted by molar-refractivity contribution is 6.22. The largest absolute Gasteiger partial charge is 0.491 e. The first kappa shape index (κ1) is 10.8. The van der Waals surface area contributed by atoms with Crippen LogP contribution in [0.5, 0.6) is 5.75 Å². The maximum absolute atomic E-state index is 8.85. The molecule has 1 aromatic rings. The lowest BCUT2D eigenvalue weighted by Gasteiger charge is -2.06. The van der Waals surface area contributed by atoms with Crippen LogP contribution in [0.2, 0.25) is 0 Å². The maximum atomic E-state index is 8.85. The first-order valence-electron chi connectivity index (χ1n) is 4.12. The summed E-state index contributed by atoms with van der Waals surface area (Å²) >= 11 is 5.55. The Labute approximate surface area is 87.5 Å². The van der Waals surface area contributed by atoms with Gasteiger partial charge in [-0.3, -0.25) is 0 Å². The Bertz CT molecular complexity index is 335. The van der Waals surface area contributed by atoms with E-state index in [4.69, 9.17) is 26.7 Å². The van der Waals surface area contributed by atoms with E-state index in [9.17, 15) is 0 Å². The van der Waals surface area contributed by atoms with Crippen molar-refractivity contribution >= 4 is 11.6 Å². The molecule has 0 radical (unpaired) electrons. The quantitative estimate of drug-likeness (QED) is 0.772. The smallest absolute Gasteiger partial charge is 0.154 e. The van der Waals surface area contributed by atoms with E-state index in [1.54, 1.807) is 24.3 Å². The van der Waals surface area contributed by atoms with E-state index in [1.807, 2.05) is 6.07 Å². The predicted octanol–water partition coefficient (Wildman–Crippen LogP) is 1.69. The van der Waals surface area contributed by atoms with Crippen LogP contribution in [0.4, 0.5) is 0 Å². The zero-order valence-corrected chi connectivity index (χ0v) is 8.24. The summed E-state index contributed by atoms with van der Waals surface area (Å²) in [6.45, 7) is 0.118. The van der Waals surface area contributed by atoms with Crippen molar-refractivity contribution in [3.05, 3.63) is 29.8 Å². The second-order valence-electron chi connectivity index (χ2n) is 2.71. The van der Waals surface area contributed by atoms with Crippen molar-refractivity contribution < 1.29 is 9.84 Å². The molecule has 1 aromatic carbocycles. The Kier molecular flexibility index (Phi) is 4.24.